The molecule has 0 radical (unpaired) electrons. The molecule has 3 aromatic carbocycles. The second-order valence-corrected chi connectivity index (χ2v) is 5.67. The molecule has 0 fully saturated rings. The van der Waals surface area contributed by atoms with Crippen molar-refractivity contribution in [3.63, 3.8) is 0 Å². The Balaban J connectivity index is 1.79. The van der Waals surface area contributed by atoms with Gasteiger partial charge >= 0.3 is 0 Å². The first-order valence-electron chi connectivity index (χ1n) is 7.73. The maximum Gasteiger partial charge on any atom is 0.191 e. The van der Waals surface area contributed by atoms with Crippen molar-refractivity contribution in [2.24, 2.45) is 5.10 Å². The minimum Gasteiger partial charge on any atom is -0.331 e. The molecule has 0 spiro atoms. The molecule has 0 unspecified atom stereocenters. The molecule has 0 bridgehead atoms. The first kappa shape index (κ1) is 16.8. The Labute approximate surface area is 151 Å². The molecule has 2 N–H and O–H groups in total. The van der Waals surface area contributed by atoms with Crippen LogP contribution >= 0.6 is 12.2 Å². The topological polar surface area (TPSA) is 36.4 Å². The van der Waals surface area contributed by atoms with Crippen LogP contribution in [-0.2, 0) is 0 Å². The van der Waals surface area contributed by atoms with Crippen molar-refractivity contribution in [3.05, 3.63) is 102 Å². The van der Waals surface area contributed by atoms with Crippen LogP contribution < -0.4 is 10.7 Å². The van der Waals surface area contributed by atoms with E-state index >= 15 is 0 Å². The lowest BCUT2D eigenvalue weighted by molar-refractivity contribution is 0.628. The van der Waals surface area contributed by atoms with Gasteiger partial charge in [0.15, 0.2) is 5.11 Å². The summed E-state index contributed by atoms with van der Waals surface area (Å²) in [7, 11) is 0. The molecule has 0 atom stereocenters. The van der Waals surface area contributed by atoms with E-state index in [1.165, 1.54) is 12.1 Å². The molecule has 3 aromatic rings. The molecule has 5 heteroatoms. The van der Waals surface area contributed by atoms with E-state index in [0.29, 0.717) is 10.8 Å². The summed E-state index contributed by atoms with van der Waals surface area (Å²) >= 11 is 5.26. The van der Waals surface area contributed by atoms with Crippen LogP contribution in [0.5, 0.6) is 0 Å². The fraction of sp³-hybridized carbons (Fsp3) is 0. The Morgan fingerprint density at radius 1 is 0.760 bits per heavy atom. The van der Waals surface area contributed by atoms with Gasteiger partial charge in [-0.25, -0.2) is 4.39 Å². The van der Waals surface area contributed by atoms with Gasteiger partial charge in [-0.2, -0.15) is 5.10 Å². The van der Waals surface area contributed by atoms with Crippen LogP contribution in [0.25, 0.3) is 0 Å². The van der Waals surface area contributed by atoms with Gasteiger partial charge in [0.1, 0.15) is 5.82 Å². The summed E-state index contributed by atoms with van der Waals surface area (Å²) in [6.07, 6.45) is 0. The van der Waals surface area contributed by atoms with Crippen molar-refractivity contribution in [1.82, 2.24) is 5.43 Å². The predicted molar refractivity (Wildman–Crippen MR) is 104 cm³/mol. The quantitative estimate of drug-likeness (QED) is 0.412. The van der Waals surface area contributed by atoms with Gasteiger partial charge in [0.05, 0.1) is 5.71 Å². The molecular formula is C20H16FN3S. The van der Waals surface area contributed by atoms with Gasteiger partial charge in [-0.15, -0.1) is 0 Å². The second-order valence-electron chi connectivity index (χ2n) is 5.27. The van der Waals surface area contributed by atoms with Crippen molar-refractivity contribution in [1.29, 1.82) is 0 Å². The lowest BCUT2D eigenvalue weighted by Gasteiger charge is -2.10. The molecule has 0 heterocycles. The first-order valence-corrected chi connectivity index (χ1v) is 8.14. The molecule has 124 valence electrons. The monoisotopic (exact) mass is 349 g/mol. The number of nitrogens with zero attached hydrogens (tertiary/aromatic N) is 1. The van der Waals surface area contributed by atoms with Crippen LogP contribution in [0.15, 0.2) is 90.0 Å². The number of nitrogens with one attached hydrogen (secondary N) is 2. The molecule has 0 aliphatic heterocycles. The number of thiocarbonyl (C=S) groups is 1. The average Bonchev–Trinajstić information content (AvgIpc) is 2.66. The minimum atomic E-state index is -0.294. The van der Waals surface area contributed by atoms with Crippen LogP contribution in [0, 0.1) is 5.82 Å². The number of anilines is 1. The molecule has 3 nitrogen and oxygen atoms in total. The zero-order valence-electron chi connectivity index (χ0n) is 13.3. The summed E-state index contributed by atoms with van der Waals surface area (Å²) in [6.45, 7) is 0. The van der Waals surface area contributed by atoms with Crippen molar-refractivity contribution < 1.29 is 4.39 Å². The normalized spacial score (nSPS) is 9.96. The Bertz CT molecular complexity index is 821. The zero-order valence-corrected chi connectivity index (χ0v) is 14.1. The SMILES string of the molecule is Fc1ccc(NC(=S)NN=C(c2ccccc2)c2ccccc2)cc1. The standard InChI is InChI=1S/C20H16FN3S/c21-17-11-13-18(14-12-17)22-20(25)24-23-19(15-7-3-1-4-8-15)16-9-5-2-6-10-16/h1-14H,(H2,22,24,25). The highest BCUT2D eigenvalue weighted by molar-refractivity contribution is 7.80. The highest BCUT2D eigenvalue weighted by atomic mass is 32.1. The average molecular weight is 349 g/mol. The van der Waals surface area contributed by atoms with E-state index in [2.05, 4.69) is 15.8 Å². The molecule has 0 aliphatic carbocycles. The lowest BCUT2D eigenvalue weighted by atomic mass is 10.0. The molecule has 0 aromatic heterocycles. The Hall–Kier alpha value is -3.05. The van der Waals surface area contributed by atoms with Gasteiger partial charge in [0, 0.05) is 16.8 Å². The Morgan fingerprint density at radius 2 is 1.28 bits per heavy atom. The number of benzene rings is 3. The maximum absolute atomic E-state index is 13.0. The fourth-order valence-electron chi connectivity index (χ4n) is 2.29. The summed E-state index contributed by atoms with van der Waals surface area (Å²) in [5.41, 5.74) is 6.28. The largest absolute Gasteiger partial charge is 0.331 e. The van der Waals surface area contributed by atoms with Gasteiger partial charge < -0.3 is 5.32 Å². The van der Waals surface area contributed by atoms with Crippen molar-refractivity contribution >= 4 is 28.7 Å². The maximum atomic E-state index is 13.0. The van der Waals surface area contributed by atoms with E-state index in [1.54, 1.807) is 12.1 Å². The number of hydrazone groups is 1. The summed E-state index contributed by atoms with van der Waals surface area (Å²) in [4.78, 5) is 0. The van der Waals surface area contributed by atoms with Gasteiger partial charge in [-0.3, -0.25) is 5.43 Å². The van der Waals surface area contributed by atoms with E-state index in [4.69, 9.17) is 12.2 Å². The van der Waals surface area contributed by atoms with E-state index in [0.717, 1.165) is 16.8 Å². The zero-order chi connectivity index (χ0) is 17.5. The predicted octanol–water partition coefficient (Wildman–Crippen LogP) is 4.56. The third kappa shape index (κ3) is 4.71. The van der Waals surface area contributed by atoms with Gasteiger partial charge in [0.25, 0.3) is 0 Å². The van der Waals surface area contributed by atoms with E-state index in [1.807, 2.05) is 60.7 Å². The van der Waals surface area contributed by atoms with Crippen molar-refractivity contribution in [2.45, 2.75) is 0 Å². The van der Waals surface area contributed by atoms with Crippen LogP contribution in [-0.4, -0.2) is 10.8 Å². The van der Waals surface area contributed by atoms with Crippen LogP contribution in [0.4, 0.5) is 10.1 Å². The van der Waals surface area contributed by atoms with E-state index < -0.39 is 0 Å². The molecule has 3 rings (SSSR count). The number of rotatable bonds is 4. The first-order chi connectivity index (χ1) is 12.2. The van der Waals surface area contributed by atoms with Crippen molar-refractivity contribution in [3.8, 4) is 0 Å². The van der Waals surface area contributed by atoms with Crippen LogP contribution in [0.2, 0.25) is 0 Å². The van der Waals surface area contributed by atoms with Gasteiger partial charge in [-0.1, -0.05) is 60.7 Å². The molecule has 25 heavy (non-hydrogen) atoms. The lowest BCUT2D eigenvalue weighted by Crippen LogP contribution is -2.25. The molecule has 0 saturated carbocycles. The smallest absolute Gasteiger partial charge is 0.191 e. The number of hydrogen-bond donors (Lipinski definition) is 2. The van der Waals surface area contributed by atoms with Gasteiger partial charge in [-0.05, 0) is 36.5 Å². The third-order valence-corrected chi connectivity index (χ3v) is 3.66. The Kier molecular flexibility index (Phi) is 5.49. The Morgan fingerprint density at radius 3 is 1.80 bits per heavy atom. The number of halogens is 1. The van der Waals surface area contributed by atoms with Crippen LogP contribution in [0.1, 0.15) is 11.1 Å². The highest BCUT2D eigenvalue weighted by Gasteiger charge is 2.07. The second kappa shape index (κ2) is 8.17. The highest BCUT2D eigenvalue weighted by Crippen LogP contribution is 2.11. The molecular weight excluding hydrogens is 333 g/mol. The van der Waals surface area contributed by atoms with Gasteiger partial charge in [0.2, 0.25) is 0 Å². The summed E-state index contributed by atoms with van der Waals surface area (Å²) in [5, 5.41) is 7.77. The minimum absolute atomic E-state index is 0.294. The summed E-state index contributed by atoms with van der Waals surface area (Å²) < 4.78 is 13.0. The number of hydrogen-bond acceptors (Lipinski definition) is 2. The van der Waals surface area contributed by atoms with E-state index in [9.17, 15) is 4.39 Å². The molecule has 0 saturated heterocycles. The fourth-order valence-corrected chi connectivity index (χ4v) is 2.45. The van der Waals surface area contributed by atoms with Crippen molar-refractivity contribution in [2.75, 3.05) is 5.32 Å². The molecule has 0 amide bonds. The summed E-state index contributed by atoms with van der Waals surface area (Å²) in [6, 6.07) is 25.7. The van der Waals surface area contributed by atoms with E-state index in [-0.39, 0.29) is 5.82 Å². The van der Waals surface area contributed by atoms with Crippen LogP contribution in [0.3, 0.4) is 0 Å². The summed E-state index contributed by atoms with van der Waals surface area (Å²) in [5.74, 6) is -0.294. The third-order valence-electron chi connectivity index (χ3n) is 3.47. The molecule has 0 aliphatic rings.